The number of hydrogen-bond donors (Lipinski definition) is 1. The predicted molar refractivity (Wildman–Crippen MR) is 84.4 cm³/mol. The standard InChI is InChI=1S/C15H32N2S/c1-12(2)9-13-11-17(7-8-18-6)14(10-16-13)15(3,4)5/h12-14,16H,7-11H2,1-6H3. The Morgan fingerprint density at radius 3 is 2.50 bits per heavy atom. The van der Waals surface area contributed by atoms with Gasteiger partial charge in [-0.25, -0.2) is 0 Å². The lowest BCUT2D eigenvalue weighted by Crippen LogP contribution is -2.61. The van der Waals surface area contributed by atoms with Gasteiger partial charge in [0.2, 0.25) is 0 Å². The largest absolute Gasteiger partial charge is 0.311 e. The van der Waals surface area contributed by atoms with Crippen LogP contribution >= 0.6 is 11.8 Å². The molecule has 2 atom stereocenters. The maximum atomic E-state index is 3.77. The maximum Gasteiger partial charge on any atom is 0.0270 e. The molecule has 1 fully saturated rings. The highest BCUT2D eigenvalue weighted by Crippen LogP contribution is 2.27. The molecule has 2 unspecified atom stereocenters. The molecule has 0 aromatic rings. The molecule has 0 bridgehead atoms. The first-order valence-electron chi connectivity index (χ1n) is 7.31. The van der Waals surface area contributed by atoms with E-state index in [1.807, 2.05) is 11.8 Å². The van der Waals surface area contributed by atoms with Crippen molar-refractivity contribution in [1.82, 2.24) is 10.2 Å². The van der Waals surface area contributed by atoms with Crippen molar-refractivity contribution in [1.29, 1.82) is 0 Å². The molecule has 0 aromatic heterocycles. The minimum atomic E-state index is 0.369. The van der Waals surface area contributed by atoms with E-state index in [4.69, 9.17) is 0 Å². The third-order valence-electron chi connectivity index (χ3n) is 3.83. The van der Waals surface area contributed by atoms with Crippen LogP contribution in [0.4, 0.5) is 0 Å². The Balaban J connectivity index is 2.60. The molecular formula is C15H32N2S. The molecule has 1 heterocycles. The molecule has 18 heavy (non-hydrogen) atoms. The average molecular weight is 273 g/mol. The average Bonchev–Trinajstić information content (AvgIpc) is 2.24. The van der Waals surface area contributed by atoms with Gasteiger partial charge < -0.3 is 5.32 Å². The van der Waals surface area contributed by atoms with Crippen LogP contribution in [0.3, 0.4) is 0 Å². The molecule has 2 nitrogen and oxygen atoms in total. The minimum absolute atomic E-state index is 0.369. The van der Waals surface area contributed by atoms with Crippen LogP contribution in [-0.4, -0.2) is 48.6 Å². The van der Waals surface area contributed by atoms with Crippen LogP contribution in [0.25, 0.3) is 0 Å². The van der Waals surface area contributed by atoms with E-state index in [1.165, 1.54) is 25.3 Å². The summed E-state index contributed by atoms with van der Waals surface area (Å²) >= 11 is 1.96. The van der Waals surface area contributed by atoms with Crippen molar-refractivity contribution in [3.8, 4) is 0 Å². The van der Waals surface area contributed by atoms with E-state index < -0.39 is 0 Å². The summed E-state index contributed by atoms with van der Waals surface area (Å²) < 4.78 is 0. The van der Waals surface area contributed by atoms with E-state index in [0.717, 1.165) is 12.5 Å². The third kappa shape index (κ3) is 5.10. The molecule has 0 radical (unpaired) electrons. The Labute approximate surface area is 118 Å². The summed E-state index contributed by atoms with van der Waals surface area (Å²) in [6.07, 6.45) is 3.51. The second-order valence-electron chi connectivity index (χ2n) is 7.10. The summed E-state index contributed by atoms with van der Waals surface area (Å²) in [5.41, 5.74) is 0.369. The van der Waals surface area contributed by atoms with E-state index in [2.05, 4.69) is 51.1 Å². The number of thioether (sulfide) groups is 1. The molecule has 1 rings (SSSR count). The Kier molecular flexibility index (Phi) is 6.49. The number of nitrogens with one attached hydrogen (secondary N) is 1. The van der Waals surface area contributed by atoms with Gasteiger partial charge in [-0.3, -0.25) is 4.90 Å². The third-order valence-corrected chi connectivity index (χ3v) is 4.42. The predicted octanol–water partition coefficient (Wildman–Crippen LogP) is 3.08. The molecule has 1 saturated heterocycles. The van der Waals surface area contributed by atoms with Gasteiger partial charge in [0.1, 0.15) is 0 Å². The van der Waals surface area contributed by atoms with Crippen molar-refractivity contribution >= 4 is 11.8 Å². The van der Waals surface area contributed by atoms with E-state index in [9.17, 15) is 0 Å². The van der Waals surface area contributed by atoms with Crippen molar-refractivity contribution in [3.63, 3.8) is 0 Å². The molecule has 1 N–H and O–H groups in total. The first kappa shape index (κ1) is 16.3. The first-order chi connectivity index (χ1) is 8.34. The molecule has 0 amide bonds. The molecule has 0 aromatic carbocycles. The fourth-order valence-corrected chi connectivity index (χ4v) is 3.34. The first-order valence-corrected chi connectivity index (χ1v) is 8.70. The molecule has 108 valence electrons. The molecular weight excluding hydrogens is 240 g/mol. The van der Waals surface area contributed by atoms with Crippen LogP contribution in [0.15, 0.2) is 0 Å². The molecule has 0 aliphatic carbocycles. The molecule has 0 spiro atoms. The zero-order chi connectivity index (χ0) is 13.8. The number of rotatable bonds is 5. The van der Waals surface area contributed by atoms with Crippen molar-refractivity contribution in [2.45, 2.75) is 53.1 Å². The van der Waals surface area contributed by atoms with Gasteiger partial charge in [-0.1, -0.05) is 34.6 Å². The summed E-state index contributed by atoms with van der Waals surface area (Å²) in [6.45, 7) is 15.4. The zero-order valence-corrected chi connectivity index (χ0v) is 13.9. The molecule has 0 saturated carbocycles. The van der Waals surface area contributed by atoms with Crippen LogP contribution in [0, 0.1) is 11.3 Å². The van der Waals surface area contributed by atoms with E-state index in [1.54, 1.807) is 0 Å². The van der Waals surface area contributed by atoms with E-state index in [-0.39, 0.29) is 0 Å². The highest BCUT2D eigenvalue weighted by Gasteiger charge is 2.35. The second kappa shape index (κ2) is 7.16. The van der Waals surface area contributed by atoms with E-state index >= 15 is 0 Å². The molecule has 3 heteroatoms. The Bertz CT molecular complexity index is 235. The van der Waals surface area contributed by atoms with Gasteiger partial charge in [0.05, 0.1) is 0 Å². The summed E-state index contributed by atoms with van der Waals surface area (Å²) in [4.78, 5) is 2.72. The van der Waals surface area contributed by atoms with Crippen LogP contribution < -0.4 is 5.32 Å². The van der Waals surface area contributed by atoms with Gasteiger partial charge in [0.25, 0.3) is 0 Å². The van der Waals surface area contributed by atoms with Crippen LogP contribution in [-0.2, 0) is 0 Å². The molecule has 1 aliphatic rings. The highest BCUT2D eigenvalue weighted by molar-refractivity contribution is 7.98. The van der Waals surface area contributed by atoms with E-state index in [0.29, 0.717) is 17.5 Å². The van der Waals surface area contributed by atoms with Gasteiger partial charge in [0.15, 0.2) is 0 Å². The van der Waals surface area contributed by atoms with Gasteiger partial charge in [-0.15, -0.1) is 0 Å². The summed E-state index contributed by atoms with van der Waals surface area (Å²) in [6, 6.07) is 1.36. The SMILES string of the molecule is CSCCN1CC(CC(C)C)NCC1C(C)(C)C. The van der Waals surface area contributed by atoms with Crippen LogP contribution in [0.1, 0.15) is 41.0 Å². The fraction of sp³-hybridized carbons (Fsp3) is 1.00. The quantitative estimate of drug-likeness (QED) is 0.828. The van der Waals surface area contributed by atoms with Crippen molar-refractivity contribution in [3.05, 3.63) is 0 Å². The van der Waals surface area contributed by atoms with Crippen LogP contribution in [0.5, 0.6) is 0 Å². The number of hydrogen-bond acceptors (Lipinski definition) is 3. The lowest BCUT2D eigenvalue weighted by molar-refractivity contribution is 0.0570. The topological polar surface area (TPSA) is 15.3 Å². The smallest absolute Gasteiger partial charge is 0.0270 e. The Morgan fingerprint density at radius 1 is 1.33 bits per heavy atom. The lowest BCUT2D eigenvalue weighted by Gasteiger charge is -2.46. The summed E-state index contributed by atoms with van der Waals surface area (Å²) in [5, 5.41) is 3.77. The summed E-state index contributed by atoms with van der Waals surface area (Å²) in [5.74, 6) is 2.04. The van der Waals surface area contributed by atoms with Gasteiger partial charge >= 0.3 is 0 Å². The van der Waals surface area contributed by atoms with Crippen molar-refractivity contribution in [2.24, 2.45) is 11.3 Å². The van der Waals surface area contributed by atoms with Gasteiger partial charge in [-0.2, -0.15) is 11.8 Å². The van der Waals surface area contributed by atoms with Crippen molar-refractivity contribution in [2.75, 3.05) is 31.6 Å². The normalized spacial score (nSPS) is 26.8. The monoisotopic (exact) mass is 272 g/mol. The minimum Gasteiger partial charge on any atom is -0.311 e. The maximum absolute atomic E-state index is 3.77. The van der Waals surface area contributed by atoms with Gasteiger partial charge in [0, 0.05) is 37.5 Å². The fourth-order valence-electron chi connectivity index (χ4n) is 2.92. The summed E-state index contributed by atoms with van der Waals surface area (Å²) in [7, 11) is 0. The van der Waals surface area contributed by atoms with Gasteiger partial charge in [-0.05, 0) is 24.0 Å². The van der Waals surface area contributed by atoms with Crippen molar-refractivity contribution < 1.29 is 0 Å². The highest BCUT2D eigenvalue weighted by atomic mass is 32.2. The van der Waals surface area contributed by atoms with Crippen LogP contribution in [0.2, 0.25) is 0 Å². The number of piperazine rings is 1. The Hall–Kier alpha value is 0.270. The zero-order valence-electron chi connectivity index (χ0n) is 13.1. The second-order valence-corrected chi connectivity index (χ2v) is 8.09. The lowest BCUT2D eigenvalue weighted by atomic mass is 9.83. The Morgan fingerprint density at radius 2 is 2.00 bits per heavy atom. The molecule has 1 aliphatic heterocycles. The number of nitrogens with zero attached hydrogens (tertiary/aromatic N) is 1.